The normalized spacial score (nSPS) is 23.3. The fraction of sp³-hybridized carbons (Fsp3) is 0.810. The number of piperidine rings is 1. The van der Waals surface area contributed by atoms with Gasteiger partial charge in [0.15, 0.2) is 0 Å². The van der Waals surface area contributed by atoms with Crippen molar-refractivity contribution < 1.29 is 18.8 Å². The lowest BCUT2D eigenvalue weighted by molar-refractivity contribution is 0.00578. The Balaban J connectivity index is 1.58. The Labute approximate surface area is 175 Å². The van der Waals surface area contributed by atoms with Gasteiger partial charge in [-0.3, -0.25) is 4.68 Å². The maximum atomic E-state index is 12.3. The first-order valence-corrected chi connectivity index (χ1v) is 10.7. The van der Waals surface area contributed by atoms with E-state index in [0.717, 1.165) is 31.4 Å². The van der Waals surface area contributed by atoms with Crippen molar-refractivity contribution in [3.8, 4) is 0 Å². The lowest BCUT2D eigenvalue weighted by atomic mass is 9.82. The molecule has 2 aliphatic heterocycles. The zero-order chi connectivity index (χ0) is 21.6. The van der Waals surface area contributed by atoms with E-state index in [-0.39, 0.29) is 23.3 Å². The van der Waals surface area contributed by atoms with Crippen LogP contribution < -0.4 is 5.46 Å². The molecule has 3 heterocycles. The van der Waals surface area contributed by atoms with Gasteiger partial charge in [0.2, 0.25) is 0 Å². The number of ether oxygens (including phenoxy) is 1. The monoisotopic (exact) mass is 405 g/mol. The van der Waals surface area contributed by atoms with Gasteiger partial charge < -0.3 is 18.9 Å². The summed E-state index contributed by atoms with van der Waals surface area (Å²) >= 11 is 0. The fourth-order valence-electron chi connectivity index (χ4n) is 3.78. The average molecular weight is 405 g/mol. The second kappa shape index (κ2) is 7.62. The van der Waals surface area contributed by atoms with E-state index in [1.165, 1.54) is 0 Å². The third-order valence-corrected chi connectivity index (χ3v) is 6.44. The molecule has 8 heteroatoms. The number of carbonyl (C=O) groups is 1. The molecule has 0 bridgehead atoms. The molecule has 2 fully saturated rings. The highest BCUT2D eigenvalue weighted by atomic mass is 16.7. The molecule has 0 spiro atoms. The van der Waals surface area contributed by atoms with Crippen molar-refractivity contribution in [1.29, 1.82) is 0 Å². The van der Waals surface area contributed by atoms with Gasteiger partial charge in [0, 0.05) is 30.9 Å². The average Bonchev–Trinajstić information content (AvgIpc) is 3.16. The van der Waals surface area contributed by atoms with Crippen molar-refractivity contribution in [3.05, 3.63) is 12.4 Å². The van der Waals surface area contributed by atoms with Crippen molar-refractivity contribution in [3.63, 3.8) is 0 Å². The van der Waals surface area contributed by atoms with Gasteiger partial charge in [0.05, 0.1) is 17.2 Å². The smallest absolute Gasteiger partial charge is 0.444 e. The van der Waals surface area contributed by atoms with Crippen LogP contribution in [0.15, 0.2) is 12.4 Å². The number of hydrogen-bond acceptors (Lipinski definition) is 5. The third-order valence-electron chi connectivity index (χ3n) is 6.44. The Bertz CT molecular complexity index is 717. The standard InChI is InChI=1S/C21H36BN3O4/c1-15(16-9-11-24(12-10-16)18(26)27-19(2,3)4)25-14-17(13-23-25)22-28-20(5,6)21(7,8)29-22/h13-16H,9-12H2,1-8H3. The van der Waals surface area contributed by atoms with Crippen LogP contribution in [0.2, 0.25) is 0 Å². The van der Waals surface area contributed by atoms with Gasteiger partial charge in [-0.1, -0.05) is 0 Å². The van der Waals surface area contributed by atoms with E-state index < -0.39 is 12.7 Å². The molecule has 0 N–H and O–H groups in total. The van der Waals surface area contributed by atoms with Crippen LogP contribution in [0.1, 0.15) is 74.3 Å². The molecule has 162 valence electrons. The summed E-state index contributed by atoms with van der Waals surface area (Å²) in [4.78, 5) is 14.1. The van der Waals surface area contributed by atoms with Gasteiger partial charge in [-0.05, 0) is 74.1 Å². The minimum atomic E-state index is -0.458. The Morgan fingerprint density at radius 3 is 2.28 bits per heavy atom. The summed E-state index contributed by atoms with van der Waals surface area (Å²) in [6.45, 7) is 17.5. The summed E-state index contributed by atoms with van der Waals surface area (Å²) in [7, 11) is -0.394. The van der Waals surface area contributed by atoms with Crippen LogP contribution in [0.3, 0.4) is 0 Å². The highest BCUT2D eigenvalue weighted by Crippen LogP contribution is 2.36. The zero-order valence-corrected chi connectivity index (χ0v) is 19.2. The van der Waals surface area contributed by atoms with Gasteiger partial charge in [0.1, 0.15) is 5.60 Å². The predicted octanol–water partition coefficient (Wildman–Crippen LogP) is 3.39. The maximum absolute atomic E-state index is 12.3. The quantitative estimate of drug-likeness (QED) is 0.722. The molecule has 0 saturated carbocycles. The SMILES string of the molecule is CC(C1CCN(C(=O)OC(C)(C)C)CC1)n1cc(B2OC(C)(C)C(C)(C)O2)cn1. The van der Waals surface area contributed by atoms with Gasteiger partial charge in [-0.15, -0.1) is 0 Å². The van der Waals surface area contributed by atoms with Gasteiger partial charge in [0.25, 0.3) is 0 Å². The van der Waals surface area contributed by atoms with Gasteiger partial charge in [-0.2, -0.15) is 5.10 Å². The fourth-order valence-corrected chi connectivity index (χ4v) is 3.78. The van der Waals surface area contributed by atoms with Crippen molar-refractivity contribution in [2.75, 3.05) is 13.1 Å². The number of nitrogens with zero attached hydrogens (tertiary/aromatic N) is 3. The minimum absolute atomic E-state index is 0.217. The largest absolute Gasteiger partial charge is 0.498 e. The maximum Gasteiger partial charge on any atom is 0.498 e. The molecule has 0 aromatic carbocycles. The zero-order valence-electron chi connectivity index (χ0n) is 19.2. The van der Waals surface area contributed by atoms with Crippen molar-refractivity contribution in [1.82, 2.24) is 14.7 Å². The Kier molecular flexibility index (Phi) is 5.82. The number of amides is 1. The molecular weight excluding hydrogens is 369 g/mol. The predicted molar refractivity (Wildman–Crippen MR) is 113 cm³/mol. The van der Waals surface area contributed by atoms with Crippen LogP contribution >= 0.6 is 0 Å². The summed E-state index contributed by atoms with van der Waals surface area (Å²) in [6.07, 6.45) is 5.53. The molecule has 2 aliphatic rings. The van der Waals surface area contributed by atoms with Crippen LogP contribution in [0.5, 0.6) is 0 Å². The molecule has 1 amide bonds. The molecular formula is C21H36BN3O4. The molecule has 7 nitrogen and oxygen atoms in total. The molecule has 3 rings (SSSR count). The second-order valence-electron chi connectivity index (χ2n) is 10.4. The van der Waals surface area contributed by atoms with Crippen molar-refractivity contribution >= 4 is 18.7 Å². The molecule has 0 aliphatic carbocycles. The van der Waals surface area contributed by atoms with Crippen LogP contribution in [-0.2, 0) is 14.0 Å². The van der Waals surface area contributed by atoms with Crippen molar-refractivity contribution in [2.24, 2.45) is 5.92 Å². The number of carbonyl (C=O) groups excluding carboxylic acids is 1. The molecule has 1 unspecified atom stereocenters. The van der Waals surface area contributed by atoms with Crippen LogP contribution in [0.25, 0.3) is 0 Å². The van der Waals surface area contributed by atoms with E-state index in [2.05, 4.69) is 39.7 Å². The minimum Gasteiger partial charge on any atom is -0.444 e. The lowest BCUT2D eigenvalue weighted by Gasteiger charge is -2.35. The Morgan fingerprint density at radius 2 is 1.76 bits per heavy atom. The highest BCUT2D eigenvalue weighted by molar-refractivity contribution is 6.62. The van der Waals surface area contributed by atoms with Gasteiger partial charge in [-0.25, -0.2) is 4.79 Å². The number of aromatic nitrogens is 2. The number of likely N-dealkylation sites (tertiary alicyclic amines) is 1. The first-order chi connectivity index (χ1) is 13.3. The Morgan fingerprint density at radius 1 is 1.21 bits per heavy atom. The topological polar surface area (TPSA) is 65.8 Å². The van der Waals surface area contributed by atoms with Crippen molar-refractivity contribution in [2.45, 2.75) is 91.1 Å². The summed E-state index contributed by atoms with van der Waals surface area (Å²) in [6, 6.07) is 0.243. The van der Waals surface area contributed by atoms with Crippen LogP contribution in [0, 0.1) is 5.92 Å². The van der Waals surface area contributed by atoms with Crippen LogP contribution in [0.4, 0.5) is 4.79 Å². The van der Waals surface area contributed by atoms with E-state index in [1.807, 2.05) is 42.7 Å². The molecule has 1 atom stereocenters. The summed E-state index contributed by atoms with van der Waals surface area (Å²) in [5.74, 6) is 0.458. The molecule has 1 aromatic heterocycles. The molecule has 2 saturated heterocycles. The van der Waals surface area contributed by atoms with E-state index in [0.29, 0.717) is 5.92 Å². The highest BCUT2D eigenvalue weighted by Gasteiger charge is 2.52. The van der Waals surface area contributed by atoms with E-state index in [9.17, 15) is 4.79 Å². The van der Waals surface area contributed by atoms with E-state index in [1.54, 1.807) is 0 Å². The Hall–Kier alpha value is -1.54. The van der Waals surface area contributed by atoms with E-state index >= 15 is 0 Å². The van der Waals surface area contributed by atoms with Gasteiger partial charge >= 0.3 is 13.2 Å². The van der Waals surface area contributed by atoms with E-state index in [4.69, 9.17) is 14.0 Å². The first-order valence-electron chi connectivity index (χ1n) is 10.7. The summed E-state index contributed by atoms with van der Waals surface area (Å²) in [5.41, 5.74) is -0.235. The summed E-state index contributed by atoms with van der Waals surface area (Å²) in [5, 5.41) is 4.59. The lowest BCUT2D eigenvalue weighted by Crippen LogP contribution is -2.42. The third kappa shape index (κ3) is 4.80. The second-order valence-corrected chi connectivity index (χ2v) is 10.4. The number of rotatable bonds is 3. The number of hydrogen-bond donors (Lipinski definition) is 0. The molecule has 1 aromatic rings. The van der Waals surface area contributed by atoms with Crippen LogP contribution in [-0.4, -0.2) is 57.8 Å². The molecule has 0 radical (unpaired) electrons. The summed E-state index contributed by atoms with van der Waals surface area (Å²) < 4.78 is 19.8. The first kappa shape index (κ1) is 22.2. The molecule has 29 heavy (non-hydrogen) atoms.